The summed E-state index contributed by atoms with van der Waals surface area (Å²) in [6.07, 6.45) is 2.45. The highest BCUT2D eigenvalue weighted by atomic mass is 16.5. The van der Waals surface area contributed by atoms with Crippen molar-refractivity contribution in [3.63, 3.8) is 0 Å². The Morgan fingerprint density at radius 1 is 1.18 bits per heavy atom. The lowest BCUT2D eigenvalue weighted by Gasteiger charge is -2.19. The van der Waals surface area contributed by atoms with Crippen LogP contribution in [0.25, 0.3) is 0 Å². The van der Waals surface area contributed by atoms with Crippen molar-refractivity contribution in [2.24, 2.45) is 0 Å². The molecule has 1 aromatic carbocycles. The summed E-state index contributed by atoms with van der Waals surface area (Å²) in [5.74, 6) is 1.29. The fraction of sp³-hybridized carbons (Fsp3) is 0.500. The second kappa shape index (κ2) is 5.82. The molecule has 0 atom stereocenters. The van der Waals surface area contributed by atoms with Gasteiger partial charge in [-0.15, -0.1) is 0 Å². The van der Waals surface area contributed by atoms with Crippen LogP contribution >= 0.6 is 0 Å². The Morgan fingerprint density at radius 3 is 2.65 bits per heavy atom. The van der Waals surface area contributed by atoms with E-state index in [0.717, 1.165) is 38.2 Å². The molecule has 0 radical (unpaired) electrons. The van der Waals surface area contributed by atoms with E-state index in [-0.39, 0.29) is 0 Å². The van der Waals surface area contributed by atoms with Crippen molar-refractivity contribution in [3.8, 4) is 5.75 Å². The van der Waals surface area contributed by atoms with E-state index in [0.29, 0.717) is 12.2 Å². The van der Waals surface area contributed by atoms with Crippen LogP contribution in [0.5, 0.6) is 5.75 Å². The summed E-state index contributed by atoms with van der Waals surface area (Å²) in [5, 5.41) is 0. The predicted octanol–water partition coefficient (Wildman–Crippen LogP) is 2.25. The number of ketones is 1. The van der Waals surface area contributed by atoms with E-state index < -0.39 is 0 Å². The Balaban J connectivity index is 1.92. The first-order chi connectivity index (χ1) is 8.28. The Bertz CT molecular complexity index is 372. The van der Waals surface area contributed by atoms with E-state index in [1.807, 2.05) is 12.1 Å². The van der Waals surface area contributed by atoms with Gasteiger partial charge < -0.3 is 4.74 Å². The summed E-state index contributed by atoms with van der Waals surface area (Å²) in [4.78, 5) is 13.7. The molecular weight excluding hydrogens is 214 g/mol. The van der Waals surface area contributed by atoms with Gasteiger partial charge in [-0.1, -0.05) is 12.1 Å². The van der Waals surface area contributed by atoms with Crippen molar-refractivity contribution in [3.05, 3.63) is 29.8 Å². The van der Waals surface area contributed by atoms with Crippen LogP contribution in [0, 0.1) is 0 Å². The molecule has 0 saturated carbocycles. The van der Waals surface area contributed by atoms with E-state index in [2.05, 4.69) is 17.0 Å². The van der Waals surface area contributed by atoms with Crippen molar-refractivity contribution in [1.82, 2.24) is 4.90 Å². The predicted molar refractivity (Wildman–Crippen MR) is 67.1 cm³/mol. The molecule has 0 aromatic heterocycles. The highest BCUT2D eigenvalue weighted by Gasteiger charge is 2.13. The molecule has 1 aromatic rings. The van der Waals surface area contributed by atoms with Gasteiger partial charge in [-0.25, -0.2) is 0 Å². The fourth-order valence-corrected chi connectivity index (χ4v) is 2.17. The quantitative estimate of drug-likeness (QED) is 0.802. The van der Waals surface area contributed by atoms with Gasteiger partial charge in [-0.3, -0.25) is 9.69 Å². The van der Waals surface area contributed by atoms with Crippen LogP contribution in [0.4, 0.5) is 0 Å². The molecule has 92 valence electrons. The Kier molecular flexibility index (Phi) is 4.15. The molecule has 1 saturated heterocycles. The SMILES string of the molecule is COc1ccc(CN2CCCC(=O)CC2)cc1. The molecule has 3 heteroatoms. The summed E-state index contributed by atoms with van der Waals surface area (Å²) in [7, 11) is 1.68. The van der Waals surface area contributed by atoms with Gasteiger partial charge in [0.25, 0.3) is 0 Å². The van der Waals surface area contributed by atoms with Gasteiger partial charge in [-0.05, 0) is 30.7 Å². The number of rotatable bonds is 3. The smallest absolute Gasteiger partial charge is 0.134 e. The average molecular weight is 233 g/mol. The molecule has 0 N–H and O–H groups in total. The zero-order chi connectivity index (χ0) is 12.1. The van der Waals surface area contributed by atoms with Crippen molar-refractivity contribution in [2.75, 3.05) is 20.2 Å². The number of methoxy groups -OCH3 is 1. The zero-order valence-electron chi connectivity index (χ0n) is 10.3. The van der Waals surface area contributed by atoms with Crippen molar-refractivity contribution < 1.29 is 9.53 Å². The molecule has 0 bridgehead atoms. The largest absolute Gasteiger partial charge is 0.497 e. The molecule has 0 spiro atoms. The van der Waals surface area contributed by atoms with Gasteiger partial charge in [-0.2, -0.15) is 0 Å². The number of carbonyl (C=O) groups is 1. The van der Waals surface area contributed by atoms with E-state index >= 15 is 0 Å². The number of nitrogens with zero attached hydrogens (tertiary/aromatic N) is 1. The Morgan fingerprint density at radius 2 is 1.94 bits per heavy atom. The molecular formula is C14H19NO2. The third kappa shape index (κ3) is 3.56. The maximum Gasteiger partial charge on any atom is 0.134 e. The van der Waals surface area contributed by atoms with Crippen molar-refractivity contribution >= 4 is 5.78 Å². The number of carbonyl (C=O) groups excluding carboxylic acids is 1. The van der Waals surface area contributed by atoms with E-state index in [1.54, 1.807) is 7.11 Å². The van der Waals surface area contributed by atoms with Gasteiger partial charge in [0.05, 0.1) is 7.11 Å². The summed E-state index contributed by atoms with van der Waals surface area (Å²) >= 11 is 0. The van der Waals surface area contributed by atoms with Gasteiger partial charge in [0, 0.05) is 25.9 Å². The van der Waals surface area contributed by atoms with E-state index in [9.17, 15) is 4.79 Å². The maximum absolute atomic E-state index is 11.3. The maximum atomic E-state index is 11.3. The molecule has 1 fully saturated rings. The third-order valence-electron chi connectivity index (χ3n) is 3.20. The minimum Gasteiger partial charge on any atom is -0.497 e. The fourth-order valence-electron chi connectivity index (χ4n) is 2.17. The van der Waals surface area contributed by atoms with Crippen molar-refractivity contribution in [2.45, 2.75) is 25.8 Å². The van der Waals surface area contributed by atoms with Crippen LogP contribution in [-0.2, 0) is 11.3 Å². The second-order valence-electron chi connectivity index (χ2n) is 4.52. The number of Topliss-reactive ketones (excluding diaryl/α,β-unsaturated/α-hetero) is 1. The molecule has 17 heavy (non-hydrogen) atoms. The molecule has 0 unspecified atom stereocenters. The minimum absolute atomic E-state index is 0.405. The van der Waals surface area contributed by atoms with Gasteiger partial charge >= 0.3 is 0 Å². The van der Waals surface area contributed by atoms with Crippen molar-refractivity contribution in [1.29, 1.82) is 0 Å². The molecule has 3 nitrogen and oxygen atoms in total. The summed E-state index contributed by atoms with van der Waals surface area (Å²) in [6, 6.07) is 8.15. The van der Waals surface area contributed by atoms with Crippen LogP contribution in [0.2, 0.25) is 0 Å². The molecule has 1 aliphatic rings. The summed E-state index contributed by atoms with van der Waals surface area (Å²) in [5.41, 5.74) is 1.28. The van der Waals surface area contributed by atoms with Crippen LogP contribution in [-0.4, -0.2) is 30.9 Å². The molecule has 0 aliphatic carbocycles. The first kappa shape index (κ1) is 12.1. The normalized spacial score (nSPS) is 17.8. The Labute approximate surface area is 102 Å². The highest BCUT2D eigenvalue weighted by Crippen LogP contribution is 2.15. The first-order valence-corrected chi connectivity index (χ1v) is 6.15. The molecule has 0 amide bonds. The first-order valence-electron chi connectivity index (χ1n) is 6.15. The molecule has 1 aliphatic heterocycles. The number of ether oxygens (including phenoxy) is 1. The molecule has 2 rings (SSSR count). The van der Waals surface area contributed by atoms with E-state index in [1.165, 1.54) is 5.56 Å². The average Bonchev–Trinajstić information content (AvgIpc) is 2.56. The monoisotopic (exact) mass is 233 g/mol. The minimum atomic E-state index is 0.405. The van der Waals surface area contributed by atoms with Crippen LogP contribution in [0.1, 0.15) is 24.8 Å². The number of hydrogen-bond donors (Lipinski definition) is 0. The second-order valence-corrected chi connectivity index (χ2v) is 4.52. The third-order valence-corrected chi connectivity index (χ3v) is 3.20. The molecule has 1 heterocycles. The zero-order valence-corrected chi connectivity index (χ0v) is 10.3. The highest BCUT2D eigenvalue weighted by molar-refractivity contribution is 5.78. The number of hydrogen-bond acceptors (Lipinski definition) is 3. The topological polar surface area (TPSA) is 29.5 Å². The lowest BCUT2D eigenvalue weighted by molar-refractivity contribution is -0.118. The Hall–Kier alpha value is -1.35. The van der Waals surface area contributed by atoms with Crippen LogP contribution in [0.3, 0.4) is 0 Å². The van der Waals surface area contributed by atoms with Gasteiger partial charge in [0.2, 0.25) is 0 Å². The van der Waals surface area contributed by atoms with Gasteiger partial charge in [0.1, 0.15) is 11.5 Å². The number of benzene rings is 1. The summed E-state index contributed by atoms with van der Waals surface area (Å²) < 4.78 is 5.13. The van der Waals surface area contributed by atoms with Crippen LogP contribution < -0.4 is 4.74 Å². The van der Waals surface area contributed by atoms with E-state index in [4.69, 9.17) is 4.74 Å². The lowest BCUT2D eigenvalue weighted by Crippen LogP contribution is -2.24. The standard InChI is InChI=1S/C14H19NO2/c1-17-14-6-4-12(5-7-14)11-15-9-2-3-13(16)8-10-15/h4-7H,2-3,8-11H2,1H3. The van der Waals surface area contributed by atoms with Gasteiger partial charge in [0.15, 0.2) is 0 Å². The summed E-state index contributed by atoms with van der Waals surface area (Å²) in [6.45, 7) is 2.85. The lowest BCUT2D eigenvalue weighted by atomic mass is 10.2. The van der Waals surface area contributed by atoms with Crippen LogP contribution in [0.15, 0.2) is 24.3 Å². The number of likely N-dealkylation sites (tertiary alicyclic amines) is 1.